The maximum Gasteiger partial charge on any atom is 0.430 e. The van der Waals surface area contributed by atoms with Crippen LogP contribution in [0.1, 0.15) is 25.6 Å². The van der Waals surface area contributed by atoms with Crippen LogP contribution in [0.25, 0.3) is 10.8 Å². The zero-order valence-electron chi connectivity index (χ0n) is 20.1. The summed E-state index contributed by atoms with van der Waals surface area (Å²) in [6, 6.07) is 9.99. The van der Waals surface area contributed by atoms with Crippen molar-refractivity contribution in [1.82, 2.24) is 10.3 Å². The summed E-state index contributed by atoms with van der Waals surface area (Å²) in [5.41, 5.74) is 3.37. The molecule has 0 fully saturated rings. The molecule has 0 aliphatic carbocycles. The molecule has 0 radical (unpaired) electrons. The van der Waals surface area contributed by atoms with E-state index < -0.39 is 29.7 Å². The van der Waals surface area contributed by atoms with Gasteiger partial charge in [0.2, 0.25) is 0 Å². The molecule has 0 aliphatic heterocycles. The summed E-state index contributed by atoms with van der Waals surface area (Å²) in [7, 11) is 0. The third kappa shape index (κ3) is 7.54. The molecular weight excluding hydrogens is 655 g/mol. The second-order valence-electron chi connectivity index (χ2n) is 8.58. The van der Waals surface area contributed by atoms with Gasteiger partial charge in [-0.1, -0.05) is 47.4 Å². The topological polar surface area (TPSA) is 113 Å². The van der Waals surface area contributed by atoms with Crippen LogP contribution in [0, 0.1) is 5.92 Å². The Kier molecular flexibility index (Phi) is 9.93. The van der Waals surface area contributed by atoms with Gasteiger partial charge in [0, 0.05) is 27.3 Å². The van der Waals surface area contributed by atoms with E-state index in [0.717, 1.165) is 9.86 Å². The van der Waals surface area contributed by atoms with Crippen molar-refractivity contribution in [2.75, 3.05) is 11.9 Å². The number of carbonyl (C=O) groups excluding carboxylic acids is 1. The van der Waals surface area contributed by atoms with Crippen molar-refractivity contribution in [3.8, 4) is 0 Å². The predicted octanol–water partition coefficient (Wildman–Crippen LogP) is 6.77. The first-order chi connectivity index (χ1) is 17.8. The molecule has 3 aromatic rings. The molecule has 5 N–H and O–H groups in total. The van der Waals surface area contributed by atoms with Crippen LogP contribution in [0.2, 0.25) is 5.02 Å². The molecule has 1 amide bonds. The van der Waals surface area contributed by atoms with E-state index in [0.29, 0.717) is 22.5 Å². The largest absolute Gasteiger partial charge is 0.430 e. The summed E-state index contributed by atoms with van der Waals surface area (Å²) in [6.45, 7) is 4.37. The van der Waals surface area contributed by atoms with E-state index in [4.69, 9.17) is 17.3 Å². The highest BCUT2D eigenvalue weighted by Crippen LogP contribution is 2.38. The van der Waals surface area contributed by atoms with E-state index in [9.17, 15) is 23.1 Å². The van der Waals surface area contributed by atoms with Gasteiger partial charge < -0.3 is 16.2 Å². The number of carbonyl (C=O) groups is 1. The molecule has 3 rings (SSSR count). The van der Waals surface area contributed by atoms with E-state index in [1.165, 1.54) is 18.3 Å². The van der Waals surface area contributed by atoms with Crippen molar-refractivity contribution >= 4 is 77.4 Å². The smallest absolute Gasteiger partial charge is 0.395 e. The number of aromatic nitrogens is 1. The first-order valence-electron chi connectivity index (χ1n) is 11.2. The van der Waals surface area contributed by atoms with Gasteiger partial charge in [-0.3, -0.25) is 10.1 Å². The Morgan fingerprint density at radius 3 is 2.61 bits per heavy atom. The van der Waals surface area contributed by atoms with Crippen molar-refractivity contribution in [3.63, 3.8) is 0 Å². The van der Waals surface area contributed by atoms with Crippen molar-refractivity contribution in [1.29, 1.82) is 0 Å². The van der Waals surface area contributed by atoms with Crippen molar-refractivity contribution in [2.45, 2.75) is 26.3 Å². The molecule has 0 saturated heterocycles. The fraction of sp³-hybridized carbons (Fsp3) is 0.240. The Hall–Kier alpha value is -2.51. The number of fused-ring (bicyclic) bond motifs is 1. The molecule has 1 heterocycles. The molecule has 0 bridgehead atoms. The Bertz CT molecular complexity index is 1410. The highest BCUT2D eigenvalue weighted by Gasteiger charge is 2.32. The second kappa shape index (κ2) is 12.6. The van der Waals surface area contributed by atoms with Crippen LogP contribution in [0.3, 0.4) is 0 Å². The molecule has 0 aliphatic rings. The van der Waals surface area contributed by atoms with Crippen LogP contribution in [0.4, 0.5) is 24.7 Å². The molecule has 0 spiro atoms. The van der Waals surface area contributed by atoms with Gasteiger partial charge in [0.1, 0.15) is 17.6 Å². The van der Waals surface area contributed by atoms with Gasteiger partial charge >= 0.3 is 6.18 Å². The molecular formula is C25H23Br2ClF3N5O2. The standard InChI is InChI=1S/C25H23Br2ClF3N5O2/c1-12(2)11-34-23(37)16-9-13-8-14(26)5-6-15(13)20(27)21(16)36-24(38)18(10-19(32)25(29,30)31)35-22-17(28)4-3-7-33-22/h3-10,12,23,34,37H,11,32H2,1-2H3,(H,36,38). The van der Waals surface area contributed by atoms with Crippen LogP contribution >= 0.6 is 43.5 Å². The first-order valence-corrected chi connectivity index (χ1v) is 13.1. The van der Waals surface area contributed by atoms with Gasteiger partial charge in [-0.25, -0.2) is 9.98 Å². The third-order valence-corrected chi connectivity index (χ3v) is 6.75. The number of aliphatic imine (C=N–C) groups is 1. The van der Waals surface area contributed by atoms with Crippen LogP contribution in [0.5, 0.6) is 0 Å². The fourth-order valence-electron chi connectivity index (χ4n) is 3.28. The van der Waals surface area contributed by atoms with Gasteiger partial charge in [0.15, 0.2) is 5.82 Å². The van der Waals surface area contributed by atoms with Crippen LogP contribution in [0.15, 0.2) is 68.3 Å². The van der Waals surface area contributed by atoms with Gasteiger partial charge in [-0.15, -0.1) is 0 Å². The maximum atomic E-state index is 13.4. The number of aliphatic hydroxyl groups excluding tert-OH is 1. The van der Waals surface area contributed by atoms with E-state index >= 15 is 0 Å². The Morgan fingerprint density at radius 1 is 1.26 bits per heavy atom. The number of alkyl halides is 3. The molecule has 1 unspecified atom stereocenters. The number of rotatable bonds is 8. The first kappa shape index (κ1) is 30.0. The van der Waals surface area contributed by atoms with Crippen LogP contribution in [-0.2, 0) is 4.79 Å². The summed E-state index contributed by atoms with van der Waals surface area (Å²) in [6.07, 6.45) is -4.40. The average Bonchev–Trinajstić information content (AvgIpc) is 2.84. The number of nitrogens with two attached hydrogens (primary N) is 1. The number of benzene rings is 2. The van der Waals surface area contributed by atoms with Crippen molar-refractivity contribution in [3.05, 3.63) is 73.9 Å². The van der Waals surface area contributed by atoms with E-state index in [-0.39, 0.29) is 28.0 Å². The number of allylic oxidation sites excluding steroid dienone is 1. The van der Waals surface area contributed by atoms with E-state index in [1.807, 2.05) is 19.9 Å². The monoisotopic (exact) mass is 675 g/mol. The number of hydrogen-bond donors (Lipinski definition) is 4. The Morgan fingerprint density at radius 2 is 1.97 bits per heavy atom. The molecule has 1 atom stereocenters. The highest BCUT2D eigenvalue weighted by atomic mass is 79.9. The Balaban J connectivity index is 2.15. The number of halogens is 6. The predicted molar refractivity (Wildman–Crippen MR) is 150 cm³/mol. The SMILES string of the molecule is CC(C)CNC(O)c1cc2cc(Br)ccc2c(Br)c1NC(=O)C(C=C(N)C(F)(F)F)=Nc1ncccc1Cl. The second-order valence-corrected chi connectivity index (χ2v) is 10.7. The highest BCUT2D eigenvalue weighted by molar-refractivity contribution is 9.11. The number of hydrogen-bond acceptors (Lipinski definition) is 6. The van der Waals surface area contributed by atoms with Crippen LogP contribution in [-0.4, -0.2) is 34.4 Å². The van der Waals surface area contributed by atoms with Crippen LogP contribution < -0.4 is 16.4 Å². The molecule has 1 aromatic heterocycles. The average molecular weight is 678 g/mol. The normalized spacial score (nSPS) is 13.7. The molecule has 7 nitrogen and oxygen atoms in total. The fourth-order valence-corrected chi connectivity index (χ4v) is 4.51. The quantitative estimate of drug-likeness (QED) is 0.155. The van der Waals surface area contributed by atoms with Crippen molar-refractivity contribution < 1.29 is 23.1 Å². The zero-order chi connectivity index (χ0) is 28.2. The van der Waals surface area contributed by atoms with Gasteiger partial charge in [0.05, 0.1) is 10.7 Å². The minimum atomic E-state index is -4.91. The number of anilines is 1. The minimum absolute atomic E-state index is 0.0169. The number of aliphatic hydroxyl groups is 1. The summed E-state index contributed by atoms with van der Waals surface area (Å²) in [5.74, 6) is -1.00. The lowest BCUT2D eigenvalue weighted by Crippen LogP contribution is -2.29. The Labute approximate surface area is 238 Å². The summed E-state index contributed by atoms with van der Waals surface area (Å²) < 4.78 is 40.9. The van der Waals surface area contributed by atoms with E-state index in [1.54, 1.807) is 18.2 Å². The zero-order valence-corrected chi connectivity index (χ0v) is 24.0. The summed E-state index contributed by atoms with van der Waals surface area (Å²) >= 11 is 13.0. The minimum Gasteiger partial charge on any atom is -0.395 e. The molecule has 38 heavy (non-hydrogen) atoms. The van der Waals surface area contributed by atoms with E-state index in [2.05, 4.69) is 52.5 Å². The van der Waals surface area contributed by atoms with Gasteiger partial charge in [-0.2, -0.15) is 13.2 Å². The third-order valence-electron chi connectivity index (χ3n) is 5.14. The van der Waals surface area contributed by atoms with Gasteiger partial charge in [-0.05, 0) is 69.0 Å². The lowest BCUT2D eigenvalue weighted by atomic mass is 10.0. The summed E-state index contributed by atoms with van der Waals surface area (Å²) in [4.78, 5) is 21.2. The number of pyridine rings is 1. The lowest BCUT2D eigenvalue weighted by Gasteiger charge is -2.21. The number of nitrogens with one attached hydrogen (secondary N) is 2. The molecule has 202 valence electrons. The van der Waals surface area contributed by atoms with Gasteiger partial charge in [0.25, 0.3) is 5.91 Å². The van der Waals surface area contributed by atoms with Crippen molar-refractivity contribution in [2.24, 2.45) is 16.6 Å². The summed E-state index contributed by atoms with van der Waals surface area (Å²) in [5, 5.41) is 17.9. The number of amides is 1. The molecule has 13 heteroatoms. The number of nitrogens with zero attached hydrogens (tertiary/aromatic N) is 2. The maximum absolute atomic E-state index is 13.4. The molecule has 0 saturated carbocycles. The molecule has 2 aromatic carbocycles. The lowest BCUT2D eigenvalue weighted by molar-refractivity contribution is -0.110.